The second kappa shape index (κ2) is 10.9. The topological polar surface area (TPSA) is 49.0 Å². The summed E-state index contributed by atoms with van der Waals surface area (Å²) in [5, 5.41) is 4.04. The van der Waals surface area contributed by atoms with Gasteiger partial charge in [-0.15, -0.1) is 0 Å². The number of ether oxygens (including phenoxy) is 4. The van der Waals surface area contributed by atoms with Gasteiger partial charge in [-0.3, -0.25) is 0 Å². The molecule has 0 aliphatic carbocycles. The first-order valence-corrected chi connectivity index (χ1v) is 9.42. The monoisotopic (exact) mass is 393 g/mol. The SMILES string of the molecule is CCCCOc1c(CNCc2cc(OC)c(OC)cc2Cl)cccc1OC. The first-order chi connectivity index (χ1) is 13.1. The summed E-state index contributed by atoms with van der Waals surface area (Å²) in [4.78, 5) is 0. The van der Waals surface area contributed by atoms with Crippen LogP contribution in [0.4, 0.5) is 0 Å². The van der Waals surface area contributed by atoms with Crippen molar-refractivity contribution in [2.24, 2.45) is 0 Å². The van der Waals surface area contributed by atoms with Crippen LogP contribution in [0.5, 0.6) is 23.0 Å². The van der Waals surface area contributed by atoms with E-state index in [-0.39, 0.29) is 0 Å². The van der Waals surface area contributed by atoms with E-state index in [9.17, 15) is 0 Å². The summed E-state index contributed by atoms with van der Waals surface area (Å²) in [6.45, 7) is 4.03. The van der Waals surface area contributed by atoms with E-state index in [4.69, 9.17) is 30.5 Å². The molecule has 0 radical (unpaired) electrons. The van der Waals surface area contributed by atoms with Gasteiger partial charge in [0.25, 0.3) is 0 Å². The molecule has 0 amide bonds. The third kappa shape index (κ3) is 5.68. The van der Waals surface area contributed by atoms with E-state index in [0.717, 1.165) is 35.5 Å². The van der Waals surface area contributed by atoms with Crippen LogP contribution in [0.15, 0.2) is 30.3 Å². The smallest absolute Gasteiger partial charge is 0.165 e. The van der Waals surface area contributed by atoms with Gasteiger partial charge in [0.05, 0.1) is 27.9 Å². The van der Waals surface area contributed by atoms with Crippen LogP contribution >= 0.6 is 11.6 Å². The van der Waals surface area contributed by atoms with Crippen LogP contribution in [-0.4, -0.2) is 27.9 Å². The van der Waals surface area contributed by atoms with Crippen molar-refractivity contribution >= 4 is 11.6 Å². The zero-order valence-corrected chi connectivity index (χ0v) is 17.2. The van der Waals surface area contributed by atoms with E-state index < -0.39 is 0 Å². The highest BCUT2D eigenvalue weighted by Gasteiger charge is 2.12. The molecule has 2 rings (SSSR count). The minimum Gasteiger partial charge on any atom is -0.493 e. The fraction of sp³-hybridized carbons (Fsp3) is 0.429. The summed E-state index contributed by atoms with van der Waals surface area (Å²) in [7, 11) is 4.86. The van der Waals surface area contributed by atoms with Gasteiger partial charge in [0.1, 0.15) is 0 Å². The van der Waals surface area contributed by atoms with E-state index in [2.05, 4.69) is 12.2 Å². The van der Waals surface area contributed by atoms with Crippen molar-refractivity contribution in [1.82, 2.24) is 5.32 Å². The molecule has 0 bridgehead atoms. The van der Waals surface area contributed by atoms with E-state index >= 15 is 0 Å². The Labute approximate surface area is 166 Å². The molecule has 0 fully saturated rings. The van der Waals surface area contributed by atoms with Crippen molar-refractivity contribution < 1.29 is 18.9 Å². The standard InChI is InChI=1S/C21H28ClNO4/c1-5-6-10-27-21-15(8-7-9-18(21)24-2)13-23-14-16-11-19(25-3)20(26-4)12-17(16)22/h7-9,11-12,23H,5-6,10,13-14H2,1-4H3. The van der Waals surface area contributed by atoms with Crippen LogP contribution < -0.4 is 24.3 Å². The highest BCUT2D eigenvalue weighted by molar-refractivity contribution is 6.31. The van der Waals surface area contributed by atoms with Gasteiger partial charge >= 0.3 is 0 Å². The van der Waals surface area contributed by atoms with Crippen molar-refractivity contribution in [1.29, 1.82) is 0 Å². The molecule has 1 N–H and O–H groups in total. The minimum atomic E-state index is 0.588. The number of unbranched alkanes of at least 4 members (excludes halogenated alkanes) is 1. The van der Waals surface area contributed by atoms with Crippen LogP contribution in [0.3, 0.4) is 0 Å². The van der Waals surface area contributed by atoms with E-state index in [1.165, 1.54) is 0 Å². The Kier molecular flexibility index (Phi) is 8.55. The Morgan fingerprint density at radius 1 is 0.889 bits per heavy atom. The van der Waals surface area contributed by atoms with E-state index in [0.29, 0.717) is 36.2 Å². The summed E-state index contributed by atoms with van der Waals surface area (Å²) < 4.78 is 22.0. The predicted octanol–water partition coefficient (Wildman–Crippen LogP) is 4.83. The number of methoxy groups -OCH3 is 3. The largest absolute Gasteiger partial charge is 0.493 e. The third-order valence-electron chi connectivity index (χ3n) is 4.21. The van der Waals surface area contributed by atoms with Crippen LogP contribution in [0.1, 0.15) is 30.9 Å². The first-order valence-electron chi connectivity index (χ1n) is 9.04. The summed E-state index contributed by atoms with van der Waals surface area (Å²) in [5.41, 5.74) is 1.98. The van der Waals surface area contributed by atoms with Gasteiger partial charge in [0.15, 0.2) is 23.0 Å². The molecule has 2 aromatic rings. The maximum absolute atomic E-state index is 6.36. The van der Waals surface area contributed by atoms with Gasteiger partial charge in [-0.25, -0.2) is 0 Å². The molecule has 148 valence electrons. The summed E-state index contributed by atoms with van der Waals surface area (Å²) in [5.74, 6) is 2.81. The van der Waals surface area contributed by atoms with Crippen LogP contribution in [-0.2, 0) is 13.1 Å². The molecule has 0 saturated carbocycles. The minimum absolute atomic E-state index is 0.588. The average Bonchev–Trinajstić information content (AvgIpc) is 2.69. The normalized spacial score (nSPS) is 10.6. The average molecular weight is 394 g/mol. The van der Waals surface area contributed by atoms with E-state index in [1.807, 2.05) is 24.3 Å². The number of para-hydroxylation sites is 1. The molecule has 0 saturated heterocycles. The lowest BCUT2D eigenvalue weighted by atomic mass is 10.1. The molecule has 0 unspecified atom stereocenters. The summed E-state index contributed by atoms with van der Waals surface area (Å²) in [6, 6.07) is 9.57. The van der Waals surface area contributed by atoms with Gasteiger partial charge in [-0.2, -0.15) is 0 Å². The Bertz CT molecular complexity index is 736. The van der Waals surface area contributed by atoms with Crippen molar-refractivity contribution in [3.8, 4) is 23.0 Å². The number of nitrogens with one attached hydrogen (secondary N) is 1. The number of benzene rings is 2. The maximum atomic E-state index is 6.36. The number of hydrogen-bond donors (Lipinski definition) is 1. The molecule has 0 spiro atoms. The van der Waals surface area contributed by atoms with Gasteiger partial charge in [0.2, 0.25) is 0 Å². The third-order valence-corrected chi connectivity index (χ3v) is 4.56. The molecular formula is C21H28ClNO4. The summed E-state index contributed by atoms with van der Waals surface area (Å²) in [6.07, 6.45) is 2.09. The van der Waals surface area contributed by atoms with Crippen molar-refractivity contribution in [3.05, 3.63) is 46.5 Å². The van der Waals surface area contributed by atoms with Gasteiger partial charge in [-0.1, -0.05) is 37.1 Å². The lowest BCUT2D eigenvalue weighted by molar-refractivity contribution is 0.284. The van der Waals surface area contributed by atoms with Crippen molar-refractivity contribution in [2.45, 2.75) is 32.9 Å². The molecule has 0 aromatic heterocycles. The highest BCUT2D eigenvalue weighted by Crippen LogP contribution is 2.34. The van der Waals surface area contributed by atoms with Crippen LogP contribution in [0, 0.1) is 0 Å². The molecular weight excluding hydrogens is 366 g/mol. The molecule has 0 aliphatic rings. The molecule has 27 heavy (non-hydrogen) atoms. The second-order valence-corrected chi connectivity index (χ2v) is 6.46. The van der Waals surface area contributed by atoms with Gasteiger partial charge in [-0.05, 0) is 24.1 Å². The Morgan fingerprint density at radius 2 is 1.56 bits per heavy atom. The molecule has 5 nitrogen and oxygen atoms in total. The first kappa shape index (κ1) is 21.2. The van der Waals surface area contributed by atoms with Crippen LogP contribution in [0.2, 0.25) is 5.02 Å². The Hall–Kier alpha value is -2.11. The highest BCUT2D eigenvalue weighted by atomic mass is 35.5. The fourth-order valence-corrected chi connectivity index (χ4v) is 2.93. The van der Waals surface area contributed by atoms with E-state index in [1.54, 1.807) is 27.4 Å². The molecule has 2 aromatic carbocycles. The number of rotatable bonds is 11. The number of halogens is 1. The van der Waals surface area contributed by atoms with Crippen LogP contribution in [0.25, 0.3) is 0 Å². The summed E-state index contributed by atoms with van der Waals surface area (Å²) >= 11 is 6.36. The molecule has 0 atom stereocenters. The van der Waals surface area contributed by atoms with Crippen molar-refractivity contribution in [2.75, 3.05) is 27.9 Å². The fourth-order valence-electron chi connectivity index (χ4n) is 2.71. The van der Waals surface area contributed by atoms with Gasteiger partial charge < -0.3 is 24.3 Å². The molecule has 0 aliphatic heterocycles. The van der Waals surface area contributed by atoms with Crippen molar-refractivity contribution in [3.63, 3.8) is 0 Å². The molecule has 6 heteroatoms. The number of hydrogen-bond acceptors (Lipinski definition) is 5. The quantitative estimate of drug-likeness (QED) is 0.554. The van der Waals surface area contributed by atoms with Gasteiger partial charge in [0, 0.05) is 29.7 Å². The zero-order chi connectivity index (χ0) is 19.6. The lowest BCUT2D eigenvalue weighted by Gasteiger charge is -2.16. The Balaban J connectivity index is 2.08. The maximum Gasteiger partial charge on any atom is 0.165 e. The Morgan fingerprint density at radius 3 is 2.22 bits per heavy atom. The lowest BCUT2D eigenvalue weighted by Crippen LogP contribution is -2.14. The predicted molar refractivity (Wildman–Crippen MR) is 108 cm³/mol. The molecule has 0 heterocycles. The zero-order valence-electron chi connectivity index (χ0n) is 16.4. The second-order valence-electron chi connectivity index (χ2n) is 6.05.